The summed E-state index contributed by atoms with van der Waals surface area (Å²) in [5, 5.41) is 7.57. The van der Waals surface area contributed by atoms with Crippen LogP contribution in [0, 0.1) is 0 Å². The van der Waals surface area contributed by atoms with Crippen molar-refractivity contribution in [2.75, 3.05) is 6.61 Å². The van der Waals surface area contributed by atoms with Gasteiger partial charge in [-0.05, 0) is 18.6 Å². The molecule has 1 aromatic heterocycles. The van der Waals surface area contributed by atoms with Gasteiger partial charge in [-0.1, -0.05) is 66.7 Å². The molecule has 2 heteroatoms. The van der Waals surface area contributed by atoms with E-state index in [1.165, 1.54) is 11.1 Å². The smallest absolute Gasteiger partial charge is 0.0780 e. The van der Waals surface area contributed by atoms with Gasteiger partial charge in [0.05, 0.1) is 5.69 Å². The summed E-state index contributed by atoms with van der Waals surface area (Å²) in [5.74, 6) is 0. The van der Waals surface area contributed by atoms with Crippen LogP contribution in [0.25, 0.3) is 22.4 Å². The Balaban J connectivity index is 0.000000497. The molecule has 2 aromatic carbocycles. The Morgan fingerprint density at radius 3 is 1.86 bits per heavy atom. The van der Waals surface area contributed by atoms with Crippen LogP contribution >= 0.6 is 0 Å². The van der Waals surface area contributed by atoms with E-state index in [2.05, 4.69) is 47.4 Å². The van der Waals surface area contributed by atoms with E-state index in [1.807, 2.05) is 36.5 Å². The van der Waals surface area contributed by atoms with Crippen molar-refractivity contribution in [3.8, 4) is 22.4 Å². The molecule has 0 atom stereocenters. The molecule has 1 N–H and O–H groups in total. The number of rotatable bonds is 2. The molecule has 0 spiro atoms. The minimum atomic E-state index is 0.250. The largest absolute Gasteiger partial charge is 0.397 e. The average Bonchev–Trinajstić information content (AvgIpc) is 2.57. The zero-order valence-electron chi connectivity index (χ0n) is 12.1. The van der Waals surface area contributed by atoms with Crippen LogP contribution in [-0.4, -0.2) is 16.7 Å². The monoisotopic (exact) mass is 277 g/mol. The fourth-order valence-corrected chi connectivity index (χ4v) is 2.08. The lowest BCUT2D eigenvalue weighted by Gasteiger charge is -2.08. The molecule has 0 saturated carbocycles. The third-order valence-electron chi connectivity index (χ3n) is 2.94. The van der Waals surface area contributed by atoms with E-state index in [9.17, 15) is 0 Å². The molecule has 106 valence electrons. The molecule has 3 aromatic rings. The number of aliphatic hydroxyl groups is 1. The summed E-state index contributed by atoms with van der Waals surface area (Å²) in [4.78, 5) is 4.53. The number of aromatic nitrogens is 1. The Morgan fingerprint density at radius 1 is 0.762 bits per heavy atom. The summed E-state index contributed by atoms with van der Waals surface area (Å²) in [5.41, 5.74) is 4.55. The SMILES string of the molecule is CCO.c1ccc(-c2cccnc2-c2ccccc2)cc1. The molecule has 0 amide bonds. The average molecular weight is 277 g/mol. The second-order valence-electron chi connectivity index (χ2n) is 4.45. The molecule has 0 fully saturated rings. The predicted molar refractivity (Wildman–Crippen MR) is 87.9 cm³/mol. The summed E-state index contributed by atoms with van der Waals surface area (Å²) in [6, 6.07) is 24.7. The molecule has 1 heterocycles. The maximum absolute atomic E-state index is 7.57. The Kier molecular flexibility index (Phi) is 5.68. The second kappa shape index (κ2) is 7.98. The lowest BCUT2D eigenvalue weighted by molar-refractivity contribution is 0.318. The minimum absolute atomic E-state index is 0.250. The zero-order valence-corrected chi connectivity index (χ0v) is 12.1. The van der Waals surface area contributed by atoms with Crippen molar-refractivity contribution in [1.82, 2.24) is 4.98 Å². The van der Waals surface area contributed by atoms with Gasteiger partial charge in [0.25, 0.3) is 0 Å². The molecule has 0 aliphatic carbocycles. The lowest BCUT2D eigenvalue weighted by Crippen LogP contribution is -1.88. The summed E-state index contributed by atoms with van der Waals surface area (Å²) < 4.78 is 0. The summed E-state index contributed by atoms with van der Waals surface area (Å²) in [7, 11) is 0. The van der Waals surface area contributed by atoms with Crippen LogP contribution in [0.2, 0.25) is 0 Å². The van der Waals surface area contributed by atoms with Crippen LogP contribution in [0.15, 0.2) is 79.0 Å². The molecule has 0 aliphatic rings. The minimum Gasteiger partial charge on any atom is -0.397 e. The van der Waals surface area contributed by atoms with Crippen LogP contribution in [-0.2, 0) is 0 Å². The fourth-order valence-electron chi connectivity index (χ4n) is 2.08. The van der Waals surface area contributed by atoms with Crippen LogP contribution < -0.4 is 0 Å². The second-order valence-corrected chi connectivity index (χ2v) is 4.45. The molecule has 0 bridgehead atoms. The first-order valence-electron chi connectivity index (χ1n) is 7.03. The summed E-state index contributed by atoms with van der Waals surface area (Å²) >= 11 is 0. The topological polar surface area (TPSA) is 33.1 Å². The Morgan fingerprint density at radius 2 is 1.29 bits per heavy atom. The fraction of sp³-hybridized carbons (Fsp3) is 0.105. The van der Waals surface area contributed by atoms with Crippen molar-refractivity contribution in [3.63, 3.8) is 0 Å². The first-order valence-corrected chi connectivity index (χ1v) is 7.03. The van der Waals surface area contributed by atoms with E-state index in [0.29, 0.717) is 0 Å². The van der Waals surface area contributed by atoms with Gasteiger partial charge in [0.15, 0.2) is 0 Å². The van der Waals surface area contributed by atoms with Crippen molar-refractivity contribution in [1.29, 1.82) is 0 Å². The molecule has 0 unspecified atom stereocenters. The van der Waals surface area contributed by atoms with Crippen molar-refractivity contribution in [3.05, 3.63) is 79.0 Å². The van der Waals surface area contributed by atoms with Gasteiger partial charge >= 0.3 is 0 Å². The van der Waals surface area contributed by atoms with E-state index >= 15 is 0 Å². The zero-order chi connectivity index (χ0) is 14.9. The number of nitrogens with zero attached hydrogens (tertiary/aromatic N) is 1. The third-order valence-corrected chi connectivity index (χ3v) is 2.94. The number of benzene rings is 2. The van der Waals surface area contributed by atoms with E-state index in [4.69, 9.17) is 5.11 Å². The van der Waals surface area contributed by atoms with Gasteiger partial charge in [-0.3, -0.25) is 4.98 Å². The Bertz CT molecular complexity index is 592. The van der Waals surface area contributed by atoms with Gasteiger partial charge < -0.3 is 5.11 Å². The van der Waals surface area contributed by atoms with Crippen molar-refractivity contribution in [2.45, 2.75) is 6.92 Å². The first-order chi connectivity index (χ1) is 10.4. The van der Waals surface area contributed by atoms with Gasteiger partial charge in [0.1, 0.15) is 0 Å². The number of pyridine rings is 1. The summed E-state index contributed by atoms with van der Waals surface area (Å²) in [6.45, 7) is 1.93. The maximum atomic E-state index is 7.57. The predicted octanol–water partition coefficient (Wildman–Crippen LogP) is 4.41. The molecule has 0 aliphatic heterocycles. The standard InChI is InChI=1S/C17H13N.C2H6O/c1-3-8-14(9-4-1)16-12-7-13-18-17(16)15-10-5-2-6-11-15;1-2-3/h1-13H;3H,2H2,1H3. The lowest BCUT2D eigenvalue weighted by atomic mass is 10.00. The normalized spacial score (nSPS) is 9.62. The van der Waals surface area contributed by atoms with Crippen molar-refractivity contribution in [2.24, 2.45) is 0 Å². The Labute approximate surface area is 125 Å². The number of aliphatic hydroxyl groups excluding tert-OH is 1. The van der Waals surface area contributed by atoms with E-state index < -0.39 is 0 Å². The van der Waals surface area contributed by atoms with Gasteiger partial charge in [-0.15, -0.1) is 0 Å². The highest BCUT2D eigenvalue weighted by atomic mass is 16.2. The first kappa shape index (κ1) is 14.9. The van der Waals surface area contributed by atoms with Crippen molar-refractivity contribution < 1.29 is 5.11 Å². The number of hydrogen-bond donors (Lipinski definition) is 1. The molecule has 0 radical (unpaired) electrons. The quantitative estimate of drug-likeness (QED) is 0.752. The molecule has 0 saturated heterocycles. The maximum Gasteiger partial charge on any atom is 0.0780 e. The van der Waals surface area contributed by atoms with Gasteiger partial charge in [0.2, 0.25) is 0 Å². The van der Waals surface area contributed by atoms with Crippen LogP contribution in [0.1, 0.15) is 6.92 Å². The number of hydrogen-bond acceptors (Lipinski definition) is 2. The van der Waals surface area contributed by atoms with Crippen LogP contribution in [0.5, 0.6) is 0 Å². The van der Waals surface area contributed by atoms with Crippen molar-refractivity contribution >= 4 is 0 Å². The van der Waals surface area contributed by atoms with E-state index in [1.54, 1.807) is 6.92 Å². The highest BCUT2D eigenvalue weighted by molar-refractivity contribution is 5.80. The highest BCUT2D eigenvalue weighted by Gasteiger charge is 2.06. The highest BCUT2D eigenvalue weighted by Crippen LogP contribution is 2.29. The third kappa shape index (κ3) is 4.01. The van der Waals surface area contributed by atoms with E-state index in [-0.39, 0.29) is 6.61 Å². The van der Waals surface area contributed by atoms with Crippen LogP contribution in [0.3, 0.4) is 0 Å². The van der Waals surface area contributed by atoms with Gasteiger partial charge in [-0.25, -0.2) is 0 Å². The molecular weight excluding hydrogens is 258 g/mol. The molecule has 2 nitrogen and oxygen atoms in total. The molecule has 21 heavy (non-hydrogen) atoms. The van der Waals surface area contributed by atoms with Gasteiger partial charge in [-0.2, -0.15) is 0 Å². The Hall–Kier alpha value is -2.45. The molecular formula is C19H19NO. The van der Waals surface area contributed by atoms with Gasteiger partial charge in [0, 0.05) is 23.9 Å². The van der Waals surface area contributed by atoms with Crippen LogP contribution in [0.4, 0.5) is 0 Å². The summed E-state index contributed by atoms with van der Waals surface area (Å²) in [6.07, 6.45) is 1.84. The van der Waals surface area contributed by atoms with E-state index in [0.717, 1.165) is 11.3 Å². The molecule has 3 rings (SSSR count).